The van der Waals surface area contributed by atoms with Crippen LogP contribution >= 0.6 is 0 Å². The molecule has 0 unspecified atom stereocenters. The first kappa shape index (κ1) is 17.2. The summed E-state index contributed by atoms with van der Waals surface area (Å²) in [7, 11) is 0. The van der Waals surface area contributed by atoms with Gasteiger partial charge in [-0.25, -0.2) is 4.98 Å². The fraction of sp³-hybridized carbons (Fsp3) is 0.0870. The lowest BCUT2D eigenvalue weighted by atomic mass is 10.1. The zero-order chi connectivity index (χ0) is 19.8. The van der Waals surface area contributed by atoms with Crippen LogP contribution in [0.5, 0.6) is 0 Å². The van der Waals surface area contributed by atoms with Crippen LogP contribution in [-0.4, -0.2) is 20.4 Å². The lowest BCUT2D eigenvalue weighted by molar-refractivity contribution is -0.115. The Hall–Kier alpha value is -3.93. The predicted octanol–water partition coefficient (Wildman–Crippen LogP) is 4.63. The lowest BCUT2D eigenvalue weighted by Crippen LogP contribution is -2.14. The van der Waals surface area contributed by atoms with Gasteiger partial charge in [0.1, 0.15) is 11.3 Å². The van der Waals surface area contributed by atoms with E-state index in [0.717, 1.165) is 28.0 Å². The van der Waals surface area contributed by atoms with Gasteiger partial charge in [0.25, 0.3) is 0 Å². The normalized spacial score (nSPS) is 11.2. The first-order valence-corrected chi connectivity index (χ1v) is 9.35. The standard InChI is InChI=1S/C23H18N4O2/c1-15-10-11-27-14-20(25-22(27)12-15)16-6-8-17(9-7-16)24-23(28)13-19-18-4-2-3-5-21(18)29-26-19/h2-12,14H,13H2,1H3,(H,24,28). The van der Waals surface area contributed by atoms with E-state index in [1.165, 1.54) is 5.56 Å². The average molecular weight is 382 g/mol. The number of pyridine rings is 1. The summed E-state index contributed by atoms with van der Waals surface area (Å²) in [6, 6.07) is 19.3. The molecule has 6 heteroatoms. The number of rotatable bonds is 4. The highest BCUT2D eigenvalue weighted by atomic mass is 16.5. The topological polar surface area (TPSA) is 72.4 Å². The average Bonchev–Trinajstić information content (AvgIpc) is 3.32. The van der Waals surface area contributed by atoms with Gasteiger partial charge in [0.05, 0.1) is 12.1 Å². The third kappa shape index (κ3) is 3.36. The number of hydrogen-bond donors (Lipinski definition) is 1. The summed E-state index contributed by atoms with van der Waals surface area (Å²) in [6.45, 7) is 2.05. The number of para-hydroxylation sites is 1. The van der Waals surface area contributed by atoms with Crippen LogP contribution in [0.3, 0.4) is 0 Å². The van der Waals surface area contributed by atoms with Crippen LogP contribution in [0.25, 0.3) is 27.9 Å². The van der Waals surface area contributed by atoms with Crippen molar-refractivity contribution in [3.05, 3.63) is 84.3 Å². The third-order valence-corrected chi connectivity index (χ3v) is 4.86. The van der Waals surface area contributed by atoms with Crippen LogP contribution in [0.1, 0.15) is 11.3 Å². The van der Waals surface area contributed by atoms with Crippen LogP contribution in [0.2, 0.25) is 0 Å². The molecule has 0 spiro atoms. The third-order valence-electron chi connectivity index (χ3n) is 4.86. The van der Waals surface area contributed by atoms with E-state index in [1.807, 2.05) is 78.3 Å². The molecule has 5 rings (SSSR count). The number of hydrogen-bond acceptors (Lipinski definition) is 4. The number of amides is 1. The summed E-state index contributed by atoms with van der Waals surface area (Å²) in [4.78, 5) is 17.1. The highest BCUT2D eigenvalue weighted by molar-refractivity contribution is 5.94. The van der Waals surface area contributed by atoms with Gasteiger partial charge < -0.3 is 14.2 Å². The molecule has 1 N–H and O–H groups in total. The molecule has 5 aromatic rings. The number of carbonyl (C=O) groups excluding carboxylic acids is 1. The van der Waals surface area contributed by atoms with E-state index in [9.17, 15) is 4.79 Å². The number of nitrogens with one attached hydrogen (secondary N) is 1. The Labute approximate surface area is 166 Å². The van der Waals surface area contributed by atoms with E-state index in [-0.39, 0.29) is 12.3 Å². The maximum Gasteiger partial charge on any atom is 0.230 e. The number of anilines is 1. The van der Waals surface area contributed by atoms with Gasteiger partial charge in [-0.2, -0.15) is 0 Å². The van der Waals surface area contributed by atoms with Gasteiger partial charge in [-0.05, 0) is 48.9 Å². The number of imidazole rings is 1. The van der Waals surface area contributed by atoms with E-state index in [4.69, 9.17) is 4.52 Å². The molecule has 142 valence electrons. The maximum atomic E-state index is 12.4. The van der Waals surface area contributed by atoms with E-state index in [0.29, 0.717) is 11.3 Å². The van der Waals surface area contributed by atoms with E-state index in [2.05, 4.69) is 21.5 Å². The summed E-state index contributed by atoms with van der Waals surface area (Å²) in [5.74, 6) is -0.139. The fourth-order valence-electron chi connectivity index (χ4n) is 3.37. The summed E-state index contributed by atoms with van der Waals surface area (Å²) in [6.07, 6.45) is 4.16. The van der Waals surface area contributed by atoms with Crippen molar-refractivity contribution < 1.29 is 9.32 Å². The maximum absolute atomic E-state index is 12.4. The second-order valence-corrected chi connectivity index (χ2v) is 7.02. The molecule has 3 heterocycles. The molecule has 0 fully saturated rings. The zero-order valence-corrected chi connectivity index (χ0v) is 15.8. The predicted molar refractivity (Wildman–Crippen MR) is 112 cm³/mol. The highest BCUT2D eigenvalue weighted by Crippen LogP contribution is 2.22. The van der Waals surface area contributed by atoms with Gasteiger partial charge in [-0.1, -0.05) is 29.4 Å². The summed E-state index contributed by atoms with van der Waals surface area (Å²) >= 11 is 0. The van der Waals surface area contributed by atoms with Crippen molar-refractivity contribution in [2.24, 2.45) is 0 Å². The molecule has 3 aromatic heterocycles. The molecule has 0 atom stereocenters. The Morgan fingerprint density at radius 1 is 1.10 bits per heavy atom. The number of fused-ring (bicyclic) bond motifs is 2. The summed E-state index contributed by atoms with van der Waals surface area (Å²) in [5, 5.41) is 7.78. The minimum atomic E-state index is -0.139. The van der Waals surface area contributed by atoms with Crippen molar-refractivity contribution in [3.8, 4) is 11.3 Å². The number of aryl methyl sites for hydroxylation is 1. The molecule has 0 aliphatic carbocycles. The number of nitrogens with zero attached hydrogens (tertiary/aromatic N) is 3. The molecule has 0 bridgehead atoms. The molecule has 29 heavy (non-hydrogen) atoms. The molecule has 0 aliphatic heterocycles. The van der Waals surface area contributed by atoms with Crippen LogP contribution in [0.4, 0.5) is 5.69 Å². The van der Waals surface area contributed by atoms with Crippen molar-refractivity contribution in [1.82, 2.24) is 14.5 Å². The van der Waals surface area contributed by atoms with Gasteiger partial charge >= 0.3 is 0 Å². The zero-order valence-electron chi connectivity index (χ0n) is 15.8. The van der Waals surface area contributed by atoms with Gasteiger partial charge in [-0.15, -0.1) is 0 Å². The van der Waals surface area contributed by atoms with Crippen LogP contribution in [-0.2, 0) is 11.2 Å². The molecule has 6 nitrogen and oxygen atoms in total. The molecule has 2 aromatic carbocycles. The Morgan fingerprint density at radius 2 is 1.93 bits per heavy atom. The van der Waals surface area contributed by atoms with Gasteiger partial charge in [0.2, 0.25) is 5.91 Å². The Morgan fingerprint density at radius 3 is 2.79 bits per heavy atom. The molecule has 0 aliphatic rings. The molecule has 0 saturated heterocycles. The smallest absolute Gasteiger partial charge is 0.230 e. The minimum Gasteiger partial charge on any atom is -0.356 e. The van der Waals surface area contributed by atoms with Crippen molar-refractivity contribution in [3.63, 3.8) is 0 Å². The van der Waals surface area contributed by atoms with Crippen LogP contribution < -0.4 is 5.32 Å². The monoisotopic (exact) mass is 382 g/mol. The minimum absolute atomic E-state index is 0.139. The largest absolute Gasteiger partial charge is 0.356 e. The van der Waals surface area contributed by atoms with E-state index in [1.54, 1.807) is 0 Å². The molecular formula is C23H18N4O2. The Kier molecular flexibility index (Phi) is 4.09. The summed E-state index contributed by atoms with van der Waals surface area (Å²) < 4.78 is 7.26. The van der Waals surface area contributed by atoms with Crippen molar-refractivity contribution in [2.75, 3.05) is 5.32 Å². The second-order valence-electron chi connectivity index (χ2n) is 7.02. The van der Waals surface area contributed by atoms with E-state index < -0.39 is 0 Å². The first-order chi connectivity index (χ1) is 14.2. The van der Waals surface area contributed by atoms with Crippen LogP contribution in [0, 0.1) is 6.92 Å². The summed E-state index contributed by atoms with van der Waals surface area (Å²) in [5.41, 5.74) is 6.02. The Balaban J connectivity index is 1.31. The number of aromatic nitrogens is 3. The number of carbonyl (C=O) groups is 1. The van der Waals surface area contributed by atoms with Crippen molar-refractivity contribution in [1.29, 1.82) is 0 Å². The van der Waals surface area contributed by atoms with Crippen LogP contribution in [0.15, 0.2) is 77.6 Å². The quantitative estimate of drug-likeness (QED) is 0.492. The molecule has 0 radical (unpaired) electrons. The highest BCUT2D eigenvalue weighted by Gasteiger charge is 2.12. The SMILES string of the molecule is Cc1ccn2cc(-c3ccc(NC(=O)Cc4noc5ccccc45)cc3)nc2c1. The van der Waals surface area contributed by atoms with E-state index >= 15 is 0 Å². The first-order valence-electron chi connectivity index (χ1n) is 9.35. The van der Waals surface area contributed by atoms with Gasteiger partial charge in [-0.3, -0.25) is 4.79 Å². The molecular weight excluding hydrogens is 364 g/mol. The Bertz CT molecular complexity index is 1330. The lowest BCUT2D eigenvalue weighted by Gasteiger charge is -2.05. The van der Waals surface area contributed by atoms with Gasteiger partial charge in [0.15, 0.2) is 5.58 Å². The number of benzene rings is 2. The fourth-order valence-corrected chi connectivity index (χ4v) is 3.37. The second kappa shape index (κ2) is 6.91. The molecule has 0 saturated carbocycles. The van der Waals surface area contributed by atoms with Crippen molar-refractivity contribution in [2.45, 2.75) is 13.3 Å². The van der Waals surface area contributed by atoms with Gasteiger partial charge in [0, 0.05) is 29.0 Å². The molecule has 1 amide bonds. The van der Waals surface area contributed by atoms with Crippen molar-refractivity contribution >= 4 is 28.2 Å².